The lowest BCUT2D eigenvalue weighted by Crippen LogP contribution is -2.36. The molecule has 0 saturated carbocycles. The molecule has 3 heteroatoms. The maximum Gasteiger partial charge on any atom is 0.184 e. The van der Waals surface area contributed by atoms with Crippen LogP contribution in [0.5, 0.6) is 0 Å². The van der Waals surface area contributed by atoms with Crippen LogP contribution in [0.1, 0.15) is 18.8 Å². The standard InChI is InChI=1S/C18H20O2S/c1-14-12-19-18(15-8-4-2-5-9-15)20-17(14)13-21-16-10-6-3-7-11-16/h2-11,14,17-18H,12-13H2,1H3/t14-,17+,18-/m1/s1. The van der Waals surface area contributed by atoms with E-state index in [-0.39, 0.29) is 12.4 Å². The molecule has 1 saturated heterocycles. The largest absolute Gasteiger partial charge is 0.348 e. The van der Waals surface area contributed by atoms with Gasteiger partial charge in [-0.1, -0.05) is 55.5 Å². The number of thioether (sulfide) groups is 1. The van der Waals surface area contributed by atoms with Gasteiger partial charge in [-0.2, -0.15) is 0 Å². The van der Waals surface area contributed by atoms with Crippen LogP contribution in [0.2, 0.25) is 0 Å². The van der Waals surface area contributed by atoms with Gasteiger partial charge in [-0.05, 0) is 12.1 Å². The Labute approximate surface area is 130 Å². The summed E-state index contributed by atoms with van der Waals surface area (Å²) in [5, 5.41) is 0. The lowest BCUT2D eigenvalue weighted by Gasteiger charge is -2.35. The molecule has 0 unspecified atom stereocenters. The summed E-state index contributed by atoms with van der Waals surface area (Å²) in [7, 11) is 0. The Bertz CT molecular complexity index is 544. The van der Waals surface area contributed by atoms with E-state index >= 15 is 0 Å². The van der Waals surface area contributed by atoms with Crippen molar-refractivity contribution in [3.05, 3.63) is 66.2 Å². The Morgan fingerprint density at radius 1 is 1.00 bits per heavy atom. The number of hydrogen-bond acceptors (Lipinski definition) is 3. The molecule has 0 bridgehead atoms. The highest BCUT2D eigenvalue weighted by Gasteiger charge is 2.29. The van der Waals surface area contributed by atoms with Gasteiger partial charge in [0.15, 0.2) is 6.29 Å². The third-order valence-corrected chi connectivity index (χ3v) is 4.77. The van der Waals surface area contributed by atoms with Crippen LogP contribution in [0.15, 0.2) is 65.6 Å². The van der Waals surface area contributed by atoms with Gasteiger partial charge in [0.2, 0.25) is 0 Å². The minimum atomic E-state index is -0.233. The topological polar surface area (TPSA) is 18.5 Å². The fourth-order valence-corrected chi connectivity index (χ4v) is 3.48. The average Bonchev–Trinajstić information content (AvgIpc) is 2.56. The average molecular weight is 300 g/mol. The Kier molecular flexibility index (Phi) is 4.96. The van der Waals surface area contributed by atoms with Gasteiger partial charge >= 0.3 is 0 Å². The van der Waals surface area contributed by atoms with E-state index < -0.39 is 0 Å². The van der Waals surface area contributed by atoms with E-state index in [1.807, 2.05) is 36.0 Å². The van der Waals surface area contributed by atoms with Gasteiger partial charge in [-0.15, -0.1) is 11.8 Å². The normalized spacial score (nSPS) is 25.7. The minimum absolute atomic E-state index is 0.217. The van der Waals surface area contributed by atoms with Gasteiger partial charge in [-0.25, -0.2) is 0 Å². The van der Waals surface area contributed by atoms with Crippen molar-refractivity contribution in [1.29, 1.82) is 0 Å². The molecule has 0 aromatic heterocycles. The predicted molar refractivity (Wildman–Crippen MR) is 86.3 cm³/mol. The van der Waals surface area contributed by atoms with Crippen molar-refractivity contribution in [2.45, 2.75) is 24.2 Å². The number of ether oxygens (including phenoxy) is 2. The van der Waals surface area contributed by atoms with Crippen molar-refractivity contribution >= 4 is 11.8 Å². The van der Waals surface area contributed by atoms with Crippen LogP contribution in [0.4, 0.5) is 0 Å². The summed E-state index contributed by atoms with van der Waals surface area (Å²) < 4.78 is 12.0. The van der Waals surface area contributed by atoms with E-state index in [1.165, 1.54) is 4.90 Å². The van der Waals surface area contributed by atoms with E-state index in [2.05, 4.69) is 43.3 Å². The summed E-state index contributed by atoms with van der Waals surface area (Å²) in [5.74, 6) is 1.37. The maximum atomic E-state index is 6.16. The van der Waals surface area contributed by atoms with Crippen LogP contribution in [0.25, 0.3) is 0 Å². The Balaban J connectivity index is 1.61. The van der Waals surface area contributed by atoms with E-state index in [1.54, 1.807) is 0 Å². The molecular formula is C18H20O2S. The fraction of sp³-hybridized carbons (Fsp3) is 0.333. The van der Waals surface area contributed by atoms with Crippen molar-refractivity contribution in [3.63, 3.8) is 0 Å². The third kappa shape index (κ3) is 3.88. The molecule has 21 heavy (non-hydrogen) atoms. The molecule has 110 valence electrons. The van der Waals surface area contributed by atoms with Crippen LogP contribution in [0.3, 0.4) is 0 Å². The van der Waals surface area contributed by atoms with Crippen LogP contribution < -0.4 is 0 Å². The monoisotopic (exact) mass is 300 g/mol. The van der Waals surface area contributed by atoms with Gasteiger partial charge < -0.3 is 9.47 Å². The van der Waals surface area contributed by atoms with Crippen LogP contribution in [-0.4, -0.2) is 18.5 Å². The molecule has 2 nitrogen and oxygen atoms in total. The highest BCUT2D eigenvalue weighted by atomic mass is 32.2. The second-order valence-electron chi connectivity index (χ2n) is 5.35. The first-order valence-electron chi connectivity index (χ1n) is 7.33. The second kappa shape index (κ2) is 7.12. The first kappa shape index (κ1) is 14.6. The van der Waals surface area contributed by atoms with Crippen molar-refractivity contribution in [2.24, 2.45) is 5.92 Å². The second-order valence-corrected chi connectivity index (χ2v) is 6.45. The highest BCUT2D eigenvalue weighted by Crippen LogP contribution is 2.32. The molecule has 0 aliphatic carbocycles. The smallest absolute Gasteiger partial charge is 0.184 e. The molecule has 0 amide bonds. The zero-order valence-electron chi connectivity index (χ0n) is 12.1. The van der Waals surface area contributed by atoms with Gasteiger partial charge in [0.05, 0.1) is 12.7 Å². The Morgan fingerprint density at radius 3 is 2.38 bits per heavy atom. The molecular weight excluding hydrogens is 280 g/mol. The quantitative estimate of drug-likeness (QED) is 0.773. The first-order chi connectivity index (χ1) is 10.3. The molecule has 0 N–H and O–H groups in total. The van der Waals surface area contributed by atoms with E-state index in [9.17, 15) is 0 Å². The van der Waals surface area contributed by atoms with Crippen molar-refractivity contribution < 1.29 is 9.47 Å². The molecule has 0 spiro atoms. The van der Waals surface area contributed by atoms with Crippen molar-refractivity contribution in [2.75, 3.05) is 12.4 Å². The number of benzene rings is 2. The summed E-state index contributed by atoms with van der Waals surface area (Å²) in [5.41, 5.74) is 1.10. The molecule has 3 atom stereocenters. The van der Waals surface area contributed by atoms with Crippen LogP contribution in [0, 0.1) is 5.92 Å². The van der Waals surface area contributed by atoms with Crippen LogP contribution in [-0.2, 0) is 9.47 Å². The first-order valence-corrected chi connectivity index (χ1v) is 8.31. The number of hydrogen-bond donors (Lipinski definition) is 0. The Hall–Kier alpha value is -1.29. The van der Waals surface area contributed by atoms with E-state index in [0.717, 1.165) is 17.9 Å². The van der Waals surface area contributed by atoms with E-state index in [0.29, 0.717) is 5.92 Å². The summed E-state index contributed by atoms with van der Waals surface area (Å²) in [6.45, 7) is 2.94. The predicted octanol–water partition coefficient (Wildman–Crippen LogP) is 4.53. The molecule has 2 aromatic carbocycles. The summed E-state index contributed by atoms with van der Waals surface area (Å²) >= 11 is 1.85. The van der Waals surface area contributed by atoms with E-state index in [4.69, 9.17) is 9.47 Å². The summed E-state index contributed by atoms with van der Waals surface area (Å²) in [6.07, 6.45) is -0.0158. The fourth-order valence-electron chi connectivity index (χ4n) is 2.36. The third-order valence-electron chi connectivity index (χ3n) is 3.67. The van der Waals surface area contributed by atoms with Crippen molar-refractivity contribution in [1.82, 2.24) is 0 Å². The molecule has 2 aromatic rings. The maximum absolute atomic E-state index is 6.16. The van der Waals surface area contributed by atoms with Gasteiger partial charge in [0, 0.05) is 22.1 Å². The highest BCUT2D eigenvalue weighted by molar-refractivity contribution is 7.99. The Morgan fingerprint density at radius 2 is 1.67 bits per heavy atom. The molecule has 1 aliphatic rings. The molecule has 1 fully saturated rings. The zero-order valence-corrected chi connectivity index (χ0v) is 13.0. The molecule has 0 radical (unpaired) electrons. The van der Waals surface area contributed by atoms with Gasteiger partial charge in [0.25, 0.3) is 0 Å². The lowest BCUT2D eigenvalue weighted by atomic mass is 10.1. The van der Waals surface area contributed by atoms with Gasteiger partial charge in [-0.3, -0.25) is 0 Å². The zero-order chi connectivity index (χ0) is 14.5. The molecule has 1 heterocycles. The number of rotatable bonds is 4. The van der Waals surface area contributed by atoms with Crippen molar-refractivity contribution in [3.8, 4) is 0 Å². The van der Waals surface area contributed by atoms with Gasteiger partial charge in [0.1, 0.15) is 0 Å². The molecule has 3 rings (SSSR count). The van der Waals surface area contributed by atoms with Crippen LogP contribution >= 0.6 is 11.8 Å². The SMILES string of the molecule is C[C@@H]1CO[C@@H](c2ccccc2)O[C@H]1CSc1ccccc1. The minimum Gasteiger partial charge on any atom is -0.348 e. The summed E-state index contributed by atoms with van der Waals surface area (Å²) in [4.78, 5) is 1.29. The summed E-state index contributed by atoms with van der Waals surface area (Å²) in [6, 6.07) is 20.6. The molecule has 1 aliphatic heterocycles. The lowest BCUT2D eigenvalue weighted by molar-refractivity contribution is -0.232.